The van der Waals surface area contributed by atoms with Crippen LogP contribution in [0.25, 0.3) is 0 Å². The Morgan fingerprint density at radius 3 is 2.26 bits per heavy atom. The largest absolute Gasteiger partial charge is 0.467 e. The fraction of sp³-hybridized carbons (Fsp3) is 0.294. The zero-order valence-electron chi connectivity index (χ0n) is 28.0. The molecule has 0 radical (unpaired) electrons. The predicted octanol–water partition coefficient (Wildman–Crippen LogP) is 3.45. The van der Waals surface area contributed by atoms with Gasteiger partial charge in [-0.25, -0.2) is 4.79 Å². The van der Waals surface area contributed by atoms with Crippen molar-refractivity contribution in [2.24, 2.45) is 0 Å². The number of pyridine rings is 1. The maximum absolute atomic E-state index is 13.0. The highest BCUT2D eigenvalue weighted by molar-refractivity contribution is 6.35. The van der Waals surface area contributed by atoms with Gasteiger partial charge < -0.3 is 36.1 Å². The minimum atomic E-state index is -4.64. The molecular weight excluding hydrogens is 723 g/mol. The summed E-state index contributed by atoms with van der Waals surface area (Å²) in [6, 6.07) is 14.5. The molecule has 0 aliphatic heterocycles. The van der Waals surface area contributed by atoms with Gasteiger partial charge in [0.25, 0.3) is 5.91 Å². The molecule has 19 heteroatoms. The van der Waals surface area contributed by atoms with Crippen molar-refractivity contribution in [2.45, 2.75) is 37.0 Å². The van der Waals surface area contributed by atoms with Crippen LogP contribution in [0.2, 0.25) is 5.02 Å². The number of amides is 3. The predicted molar refractivity (Wildman–Crippen MR) is 184 cm³/mol. The summed E-state index contributed by atoms with van der Waals surface area (Å²) in [6.45, 7) is -1.90. The van der Waals surface area contributed by atoms with E-state index in [1.165, 1.54) is 24.3 Å². The first-order valence-corrected chi connectivity index (χ1v) is 16.4. The number of hydrogen-bond donors (Lipinski definition) is 5. The van der Waals surface area contributed by atoms with Gasteiger partial charge in [0.15, 0.2) is 6.61 Å². The molecule has 53 heavy (non-hydrogen) atoms. The van der Waals surface area contributed by atoms with Gasteiger partial charge in [0.1, 0.15) is 6.04 Å². The van der Waals surface area contributed by atoms with Crippen molar-refractivity contribution in [3.8, 4) is 6.01 Å². The summed E-state index contributed by atoms with van der Waals surface area (Å²) < 4.78 is 48.4. The maximum atomic E-state index is 13.0. The second-order valence-corrected chi connectivity index (χ2v) is 12.1. The Hall–Kier alpha value is -6.04. The molecule has 5 N–H and O–H groups in total. The Morgan fingerprint density at radius 2 is 1.62 bits per heavy atom. The summed E-state index contributed by atoms with van der Waals surface area (Å²) in [5, 5.41) is 13.8. The lowest BCUT2D eigenvalue weighted by molar-refractivity contribution is -0.154. The highest BCUT2D eigenvalue weighted by Gasteiger charge is 2.45. The number of hydrogen-bond acceptors (Lipinski definition) is 12. The molecule has 0 bridgehead atoms. The highest BCUT2D eigenvalue weighted by atomic mass is 35.5. The van der Waals surface area contributed by atoms with Crippen molar-refractivity contribution in [1.82, 2.24) is 35.9 Å². The Kier molecular flexibility index (Phi) is 12.2. The number of alkyl halides is 3. The number of nitrogens with zero attached hydrogens (tertiary/aromatic N) is 4. The number of nitrogens with one attached hydrogen (secondary N) is 5. The lowest BCUT2D eigenvalue weighted by atomic mass is 10.1. The molecule has 0 saturated heterocycles. The van der Waals surface area contributed by atoms with E-state index < -0.39 is 60.6 Å². The average Bonchev–Trinajstić information content (AvgIpc) is 3.92. The molecule has 2 aromatic carbocycles. The molecule has 5 rings (SSSR count). The topological polar surface area (TPSA) is 198 Å². The first-order chi connectivity index (χ1) is 25.3. The number of esters is 1. The van der Waals surface area contributed by atoms with E-state index in [2.05, 4.69) is 46.5 Å². The fourth-order valence-corrected chi connectivity index (χ4v) is 5.03. The molecule has 1 fully saturated rings. The van der Waals surface area contributed by atoms with Gasteiger partial charge in [0.05, 0.1) is 12.6 Å². The highest BCUT2D eigenvalue weighted by Crippen LogP contribution is 2.48. The maximum Gasteiger partial charge on any atom is 0.422 e. The molecule has 1 aliphatic rings. The van der Waals surface area contributed by atoms with Crippen LogP contribution in [0.15, 0.2) is 73.1 Å². The molecule has 1 saturated carbocycles. The molecule has 0 unspecified atom stereocenters. The first kappa shape index (κ1) is 38.2. The standard InChI is InChI=1S/C34H33ClF3N9O6/c1-52-29(51)25(18-41-28(50)27(49)40-16-12-20-3-2-15-39-17-20)43-26(48)21-4-10-24(11-5-21)42-30-44-31(46-32(45-30)53-19-34(36,37)38)47-33(13-14-33)22-6-8-23(35)9-7-22/h2-11,15,17,25H,12-14,16,18-19H2,1H3,(H,40,49)(H,41,50)(H,43,48)(H2,42,44,45,46,47)/t25-/m0/s1. The summed E-state index contributed by atoms with van der Waals surface area (Å²) in [5.41, 5.74) is 1.62. The van der Waals surface area contributed by atoms with E-state index in [0.717, 1.165) is 18.2 Å². The van der Waals surface area contributed by atoms with Crippen LogP contribution >= 0.6 is 11.6 Å². The average molecular weight is 756 g/mol. The number of ether oxygens (including phenoxy) is 2. The Bertz CT molecular complexity index is 1920. The third kappa shape index (κ3) is 11.2. The lowest BCUT2D eigenvalue weighted by Crippen LogP contribution is -2.51. The molecule has 4 aromatic rings. The van der Waals surface area contributed by atoms with Crippen molar-refractivity contribution in [1.29, 1.82) is 0 Å². The number of methoxy groups -OCH3 is 1. The van der Waals surface area contributed by atoms with Crippen molar-refractivity contribution >= 4 is 52.9 Å². The van der Waals surface area contributed by atoms with Gasteiger partial charge in [-0.05, 0) is 72.9 Å². The molecule has 1 atom stereocenters. The summed E-state index contributed by atoms with van der Waals surface area (Å²) in [5.74, 6) is -3.72. The fourth-order valence-electron chi connectivity index (χ4n) is 4.91. The number of carbonyl (C=O) groups excluding carboxylic acids is 4. The zero-order valence-corrected chi connectivity index (χ0v) is 28.8. The van der Waals surface area contributed by atoms with Crippen LogP contribution in [0, 0.1) is 0 Å². The van der Waals surface area contributed by atoms with Gasteiger partial charge in [-0.15, -0.1) is 0 Å². The van der Waals surface area contributed by atoms with E-state index in [4.69, 9.17) is 21.1 Å². The minimum absolute atomic E-state index is 0.0358. The molecule has 15 nitrogen and oxygen atoms in total. The van der Waals surface area contributed by atoms with Crippen molar-refractivity contribution in [2.75, 3.05) is 37.4 Å². The molecule has 3 amide bonds. The van der Waals surface area contributed by atoms with Crippen LogP contribution < -0.4 is 31.3 Å². The van der Waals surface area contributed by atoms with Crippen LogP contribution in [0.4, 0.5) is 30.8 Å². The van der Waals surface area contributed by atoms with E-state index in [0.29, 0.717) is 30.0 Å². The normalized spacial score (nSPS) is 13.5. The number of halogens is 4. The van der Waals surface area contributed by atoms with Gasteiger partial charge in [-0.2, -0.15) is 28.1 Å². The molecule has 2 heterocycles. The van der Waals surface area contributed by atoms with Gasteiger partial charge in [-0.1, -0.05) is 29.8 Å². The van der Waals surface area contributed by atoms with Crippen LogP contribution in [-0.4, -0.2) is 82.7 Å². The number of aromatic nitrogens is 4. The minimum Gasteiger partial charge on any atom is -0.467 e. The van der Waals surface area contributed by atoms with Gasteiger partial charge in [-0.3, -0.25) is 19.4 Å². The smallest absolute Gasteiger partial charge is 0.422 e. The van der Waals surface area contributed by atoms with E-state index in [-0.39, 0.29) is 24.0 Å². The molecular formula is C34H33ClF3N9O6. The monoisotopic (exact) mass is 755 g/mol. The SMILES string of the molecule is COC(=O)[C@H](CNC(=O)C(=O)NCCc1cccnc1)NC(=O)c1ccc(Nc2nc(NC3(c4ccc(Cl)cc4)CC3)nc(OCC(F)(F)F)n2)cc1. The van der Waals surface area contributed by atoms with Crippen molar-refractivity contribution in [3.05, 3.63) is 94.8 Å². The van der Waals surface area contributed by atoms with Gasteiger partial charge in [0.2, 0.25) is 11.9 Å². The third-order valence-electron chi connectivity index (χ3n) is 7.77. The summed E-state index contributed by atoms with van der Waals surface area (Å²) in [7, 11) is 1.10. The van der Waals surface area contributed by atoms with Gasteiger partial charge >= 0.3 is 30.0 Å². The van der Waals surface area contributed by atoms with E-state index in [1.807, 2.05) is 18.2 Å². The molecule has 0 spiro atoms. The second kappa shape index (κ2) is 17.0. The van der Waals surface area contributed by atoms with E-state index in [9.17, 15) is 32.3 Å². The summed E-state index contributed by atoms with van der Waals surface area (Å²) >= 11 is 6.02. The number of carbonyl (C=O) groups is 4. The first-order valence-electron chi connectivity index (χ1n) is 16.0. The zero-order chi connectivity index (χ0) is 38.0. The van der Waals surface area contributed by atoms with E-state index in [1.54, 1.807) is 30.6 Å². The Labute approximate surface area is 305 Å². The third-order valence-corrected chi connectivity index (χ3v) is 8.02. The van der Waals surface area contributed by atoms with Crippen LogP contribution in [0.3, 0.4) is 0 Å². The molecule has 278 valence electrons. The summed E-state index contributed by atoms with van der Waals surface area (Å²) in [4.78, 5) is 66.2. The summed E-state index contributed by atoms with van der Waals surface area (Å²) in [6.07, 6.45) is 0.458. The van der Waals surface area contributed by atoms with Crippen LogP contribution in [-0.2, 0) is 31.1 Å². The van der Waals surface area contributed by atoms with Gasteiger partial charge in [0, 0.05) is 41.8 Å². The Morgan fingerprint density at radius 1 is 0.925 bits per heavy atom. The quantitative estimate of drug-likeness (QED) is 0.0877. The molecule has 2 aromatic heterocycles. The van der Waals surface area contributed by atoms with Crippen molar-refractivity contribution in [3.63, 3.8) is 0 Å². The number of benzene rings is 2. The Balaban J connectivity index is 1.20. The van der Waals surface area contributed by atoms with Crippen LogP contribution in [0.5, 0.6) is 6.01 Å². The van der Waals surface area contributed by atoms with Crippen LogP contribution in [0.1, 0.15) is 34.3 Å². The number of rotatable bonds is 15. The number of anilines is 3. The molecule has 1 aliphatic carbocycles. The second-order valence-electron chi connectivity index (χ2n) is 11.7. The van der Waals surface area contributed by atoms with Crippen molar-refractivity contribution < 1.29 is 41.8 Å². The van der Waals surface area contributed by atoms with E-state index >= 15 is 0 Å². The lowest BCUT2D eigenvalue weighted by Gasteiger charge is -2.19.